The summed E-state index contributed by atoms with van der Waals surface area (Å²) in [4.78, 5) is 7.89. The average Bonchev–Trinajstić information content (AvgIpc) is 2.17. The molecule has 66 valence electrons. The minimum absolute atomic E-state index is 0.140. The molecule has 2 N–H and O–H groups in total. The molecular formula is C8H12FN3. The minimum Gasteiger partial charge on any atom is -0.321 e. The van der Waals surface area contributed by atoms with E-state index in [-0.39, 0.29) is 6.04 Å². The highest BCUT2D eigenvalue weighted by Gasteiger charge is 2.05. The van der Waals surface area contributed by atoms with Crippen LogP contribution < -0.4 is 5.73 Å². The molecule has 1 atom stereocenters. The van der Waals surface area contributed by atoms with Gasteiger partial charge in [-0.2, -0.15) is 0 Å². The lowest BCUT2D eigenvalue weighted by molar-refractivity contribution is 0.481. The second kappa shape index (κ2) is 4.11. The van der Waals surface area contributed by atoms with Crippen LogP contribution in [-0.2, 0) is 6.67 Å². The number of nitrogens with two attached hydrogens (primary N) is 1. The lowest BCUT2D eigenvalue weighted by atomic mass is 10.2. The van der Waals surface area contributed by atoms with Crippen molar-refractivity contribution < 1.29 is 4.39 Å². The van der Waals surface area contributed by atoms with Gasteiger partial charge in [-0.1, -0.05) is 6.92 Å². The van der Waals surface area contributed by atoms with Crippen LogP contribution in [0.25, 0.3) is 0 Å². The second-order valence-electron chi connectivity index (χ2n) is 2.60. The van der Waals surface area contributed by atoms with Crippen LogP contribution in [0.2, 0.25) is 0 Å². The van der Waals surface area contributed by atoms with Gasteiger partial charge in [-0.05, 0) is 6.42 Å². The predicted octanol–water partition coefficient (Wildman–Crippen LogP) is 1.36. The fraction of sp³-hybridized carbons (Fsp3) is 0.500. The van der Waals surface area contributed by atoms with E-state index in [1.54, 1.807) is 0 Å². The van der Waals surface area contributed by atoms with Gasteiger partial charge >= 0.3 is 0 Å². The number of alkyl halides is 1. The maximum absolute atomic E-state index is 12.0. The molecule has 0 unspecified atom stereocenters. The molecule has 0 aliphatic rings. The number of aromatic nitrogens is 2. The summed E-state index contributed by atoms with van der Waals surface area (Å²) in [6.45, 7) is 1.43. The molecule has 0 amide bonds. The quantitative estimate of drug-likeness (QED) is 0.743. The lowest BCUT2D eigenvalue weighted by Gasteiger charge is -2.05. The number of hydrogen-bond donors (Lipinski definition) is 1. The molecule has 1 heterocycles. The Kier molecular flexibility index (Phi) is 3.10. The van der Waals surface area contributed by atoms with E-state index in [1.807, 2.05) is 6.92 Å². The van der Waals surface area contributed by atoms with Gasteiger partial charge in [-0.3, -0.25) is 0 Å². The van der Waals surface area contributed by atoms with Gasteiger partial charge in [0, 0.05) is 18.0 Å². The number of halogens is 1. The van der Waals surface area contributed by atoms with Crippen LogP contribution in [0, 0.1) is 0 Å². The fourth-order valence-electron chi connectivity index (χ4n) is 0.808. The summed E-state index contributed by atoms with van der Waals surface area (Å²) in [6, 6.07) is -0.140. The Hall–Kier alpha value is -1.03. The van der Waals surface area contributed by atoms with Crippen LogP contribution in [0.4, 0.5) is 4.39 Å². The summed E-state index contributed by atoms with van der Waals surface area (Å²) < 4.78 is 12.0. The Morgan fingerprint density at radius 3 is 2.50 bits per heavy atom. The molecular weight excluding hydrogens is 157 g/mol. The Bertz CT molecular complexity index is 235. The molecule has 1 rings (SSSR count). The zero-order valence-corrected chi connectivity index (χ0v) is 7.00. The van der Waals surface area contributed by atoms with Crippen molar-refractivity contribution in [2.75, 3.05) is 0 Å². The fourth-order valence-corrected chi connectivity index (χ4v) is 0.808. The summed E-state index contributed by atoms with van der Waals surface area (Å²) >= 11 is 0. The molecule has 0 aliphatic heterocycles. The topological polar surface area (TPSA) is 51.8 Å². The highest BCUT2D eigenvalue weighted by atomic mass is 19.1. The summed E-state index contributed by atoms with van der Waals surface area (Å²) in [7, 11) is 0. The number of hydrogen-bond acceptors (Lipinski definition) is 3. The van der Waals surface area contributed by atoms with E-state index >= 15 is 0 Å². The van der Waals surface area contributed by atoms with Crippen LogP contribution in [0.15, 0.2) is 12.4 Å². The van der Waals surface area contributed by atoms with Gasteiger partial charge in [0.1, 0.15) is 12.5 Å². The molecule has 0 radical (unpaired) electrons. The lowest BCUT2D eigenvalue weighted by Crippen LogP contribution is -2.12. The molecule has 0 aliphatic carbocycles. The van der Waals surface area contributed by atoms with Crippen molar-refractivity contribution in [1.82, 2.24) is 9.97 Å². The molecule has 0 spiro atoms. The Balaban J connectivity index is 2.77. The zero-order chi connectivity index (χ0) is 8.97. The predicted molar refractivity (Wildman–Crippen MR) is 44.1 cm³/mol. The van der Waals surface area contributed by atoms with Crippen molar-refractivity contribution in [2.24, 2.45) is 5.73 Å². The van der Waals surface area contributed by atoms with Gasteiger partial charge in [-0.15, -0.1) is 0 Å². The summed E-state index contributed by atoms with van der Waals surface area (Å²) in [6.07, 6.45) is 3.73. The molecule has 0 fully saturated rings. The largest absolute Gasteiger partial charge is 0.321 e. The molecule has 4 heteroatoms. The molecule has 0 bridgehead atoms. The molecule has 1 aromatic rings. The standard InChI is InChI=1S/C8H12FN3/c1-2-7(10)8-11-4-6(3-9)5-12-8/h4-5,7H,2-3,10H2,1H3/t7-/m0/s1. The Morgan fingerprint density at radius 1 is 1.50 bits per heavy atom. The number of nitrogens with zero attached hydrogens (tertiary/aromatic N) is 2. The van der Waals surface area contributed by atoms with Crippen LogP contribution >= 0.6 is 0 Å². The first-order valence-corrected chi connectivity index (χ1v) is 3.90. The minimum atomic E-state index is -0.526. The van der Waals surface area contributed by atoms with Crippen LogP contribution in [0.3, 0.4) is 0 Å². The highest BCUT2D eigenvalue weighted by Crippen LogP contribution is 2.07. The third-order valence-electron chi connectivity index (χ3n) is 1.65. The summed E-state index contributed by atoms with van der Waals surface area (Å²) in [5.41, 5.74) is 6.16. The first-order valence-electron chi connectivity index (χ1n) is 3.90. The summed E-state index contributed by atoms with van der Waals surface area (Å²) in [5, 5.41) is 0. The monoisotopic (exact) mass is 169 g/mol. The number of rotatable bonds is 3. The first kappa shape index (κ1) is 9.06. The third kappa shape index (κ3) is 1.98. The van der Waals surface area contributed by atoms with Crippen molar-refractivity contribution in [3.63, 3.8) is 0 Å². The van der Waals surface area contributed by atoms with Crippen molar-refractivity contribution in [1.29, 1.82) is 0 Å². The molecule has 3 nitrogen and oxygen atoms in total. The van der Waals surface area contributed by atoms with Crippen molar-refractivity contribution in [2.45, 2.75) is 26.1 Å². The molecule has 0 saturated heterocycles. The molecule has 1 aromatic heterocycles. The molecule has 12 heavy (non-hydrogen) atoms. The van der Waals surface area contributed by atoms with E-state index in [0.717, 1.165) is 6.42 Å². The van der Waals surface area contributed by atoms with Gasteiger partial charge in [0.2, 0.25) is 0 Å². The molecule has 0 saturated carbocycles. The van der Waals surface area contributed by atoms with Crippen molar-refractivity contribution in [3.05, 3.63) is 23.8 Å². The summed E-state index contributed by atoms with van der Waals surface area (Å²) in [5.74, 6) is 0.578. The van der Waals surface area contributed by atoms with E-state index in [0.29, 0.717) is 11.4 Å². The van der Waals surface area contributed by atoms with E-state index < -0.39 is 6.67 Å². The van der Waals surface area contributed by atoms with E-state index in [1.165, 1.54) is 12.4 Å². The van der Waals surface area contributed by atoms with Gasteiger partial charge in [0.15, 0.2) is 0 Å². The smallest absolute Gasteiger partial charge is 0.144 e. The maximum Gasteiger partial charge on any atom is 0.144 e. The van der Waals surface area contributed by atoms with Gasteiger partial charge in [0.05, 0.1) is 6.04 Å². The Labute approximate surface area is 70.8 Å². The van der Waals surface area contributed by atoms with E-state index in [9.17, 15) is 4.39 Å². The maximum atomic E-state index is 12.0. The molecule has 0 aromatic carbocycles. The van der Waals surface area contributed by atoms with Gasteiger partial charge in [0.25, 0.3) is 0 Å². The first-order chi connectivity index (χ1) is 5.77. The third-order valence-corrected chi connectivity index (χ3v) is 1.65. The van der Waals surface area contributed by atoms with Crippen molar-refractivity contribution in [3.8, 4) is 0 Å². The SMILES string of the molecule is CC[C@H](N)c1ncc(CF)cn1. The second-order valence-corrected chi connectivity index (χ2v) is 2.60. The van der Waals surface area contributed by atoms with E-state index in [4.69, 9.17) is 5.73 Å². The van der Waals surface area contributed by atoms with E-state index in [2.05, 4.69) is 9.97 Å². The normalized spacial score (nSPS) is 12.9. The van der Waals surface area contributed by atoms with Crippen LogP contribution in [0.1, 0.15) is 30.8 Å². The van der Waals surface area contributed by atoms with Crippen LogP contribution in [-0.4, -0.2) is 9.97 Å². The van der Waals surface area contributed by atoms with Gasteiger partial charge in [-0.25, -0.2) is 14.4 Å². The Morgan fingerprint density at radius 2 is 2.08 bits per heavy atom. The highest BCUT2D eigenvalue weighted by molar-refractivity contribution is 5.05. The van der Waals surface area contributed by atoms with Crippen molar-refractivity contribution >= 4 is 0 Å². The van der Waals surface area contributed by atoms with Gasteiger partial charge < -0.3 is 5.73 Å². The zero-order valence-electron chi connectivity index (χ0n) is 7.00. The van der Waals surface area contributed by atoms with Crippen LogP contribution in [0.5, 0.6) is 0 Å². The average molecular weight is 169 g/mol.